The predicted octanol–water partition coefficient (Wildman–Crippen LogP) is 4.31. The Labute approximate surface area is 190 Å². The third kappa shape index (κ3) is 4.57. The molecule has 1 aliphatic heterocycles. The van der Waals surface area contributed by atoms with Crippen molar-refractivity contribution in [1.82, 2.24) is 10.2 Å². The van der Waals surface area contributed by atoms with Gasteiger partial charge in [0, 0.05) is 36.7 Å². The number of carbonyl (C=O) groups is 3. The van der Waals surface area contributed by atoms with Gasteiger partial charge in [-0.3, -0.25) is 14.4 Å². The number of hydrogen-bond donors (Lipinski definition) is 1. The lowest BCUT2D eigenvalue weighted by Gasteiger charge is -2.34. The topological polar surface area (TPSA) is 66.5 Å². The highest BCUT2D eigenvalue weighted by Crippen LogP contribution is 2.45. The van der Waals surface area contributed by atoms with E-state index in [1.54, 1.807) is 0 Å². The van der Waals surface area contributed by atoms with Crippen LogP contribution >= 0.6 is 0 Å². The smallest absolute Gasteiger partial charge is 0.251 e. The molecule has 32 heavy (non-hydrogen) atoms. The summed E-state index contributed by atoms with van der Waals surface area (Å²) < 4.78 is 0. The maximum Gasteiger partial charge on any atom is 0.251 e. The number of piperidine rings is 1. The number of hydrogen-bond acceptors (Lipinski definition) is 3. The fraction of sp³-hybridized carbons (Fsp3) is 0.519. The zero-order valence-corrected chi connectivity index (χ0v) is 19.2. The summed E-state index contributed by atoms with van der Waals surface area (Å²) in [5.74, 6) is 1.19. The van der Waals surface area contributed by atoms with E-state index in [0.29, 0.717) is 42.5 Å². The van der Waals surface area contributed by atoms with Crippen LogP contribution in [0.25, 0.3) is 0 Å². The molecule has 2 fully saturated rings. The zero-order chi connectivity index (χ0) is 22.8. The molecule has 3 aliphatic rings. The van der Waals surface area contributed by atoms with Gasteiger partial charge in [0.05, 0.1) is 0 Å². The largest absolute Gasteiger partial charge is 0.349 e. The first-order valence-corrected chi connectivity index (χ1v) is 11.9. The molecule has 2 aliphatic carbocycles. The summed E-state index contributed by atoms with van der Waals surface area (Å²) in [7, 11) is 0. The minimum absolute atomic E-state index is 0.0384. The Morgan fingerprint density at radius 3 is 2.41 bits per heavy atom. The summed E-state index contributed by atoms with van der Waals surface area (Å²) in [4.78, 5) is 39.8. The fourth-order valence-electron chi connectivity index (χ4n) is 5.58. The summed E-state index contributed by atoms with van der Waals surface area (Å²) in [6.07, 6.45) is 4.91. The van der Waals surface area contributed by atoms with Crippen LogP contribution in [0.5, 0.6) is 0 Å². The lowest BCUT2D eigenvalue weighted by atomic mass is 9.86. The summed E-state index contributed by atoms with van der Waals surface area (Å²) in [5.41, 5.74) is 3.53. The minimum Gasteiger partial charge on any atom is -0.349 e. The van der Waals surface area contributed by atoms with E-state index >= 15 is 0 Å². The molecule has 4 rings (SSSR count). The van der Waals surface area contributed by atoms with Crippen molar-refractivity contribution in [3.05, 3.63) is 59.2 Å². The van der Waals surface area contributed by atoms with E-state index in [1.165, 1.54) is 5.57 Å². The van der Waals surface area contributed by atoms with Crippen LogP contribution < -0.4 is 5.32 Å². The third-order valence-electron chi connectivity index (χ3n) is 7.80. The average molecular weight is 435 g/mol. The van der Waals surface area contributed by atoms with Crippen LogP contribution in [-0.2, 0) is 9.59 Å². The molecule has 0 aromatic heterocycles. The van der Waals surface area contributed by atoms with Crippen molar-refractivity contribution in [2.75, 3.05) is 13.1 Å². The van der Waals surface area contributed by atoms with Crippen LogP contribution in [0.3, 0.4) is 0 Å². The summed E-state index contributed by atoms with van der Waals surface area (Å²) >= 11 is 0. The molecule has 1 saturated carbocycles. The first-order chi connectivity index (χ1) is 15.3. The van der Waals surface area contributed by atoms with E-state index in [0.717, 1.165) is 37.7 Å². The Hall–Kier alpha value is -2.69. The molecule has 1 saturated heterocycles. The van der Waals surface area contributed by atoms with E-state index in [-0.39, 0.29) is 29.6 Å². The van der Waals surface area contributed by atoms with Gasteiger partial charge in [-0.05, 0) is 74.5 Å². The van der Waals surface area contributed by atoms with Crippen LogP contribution in [0.2, 0.25) is 0 Å². The van der Waals surface area contributed by atoms with Crippen molar-refractivity contribution < 1.29 is 14.4 Å². The lowest BCUT2D eigenvalue weighted by Crippen LogP contribution is -2.47. The van der Waals surface area contributed by atoms with Crippen LogP contribution in [0, 0.1) is 17.8 Å². The van der Waals surface area contributed by atoms with E-state index in [4.69, 9.17) is 0 Å². The number of rotatable bonds is 4. The molecule has 0 radical (unpaired) electrons. The van der Waals surface area contributed by atoms with Crippen molar-refractivity contribution in [2.24, 2.45) is 17.8 Å². The molecule has 1 aromatic rings. The maximum atomic E-state index is 13.2. The molecule has 5 heteroatoms. The van der Waals surface area contributed by atoms with E-state index < -0.39 is 0 Å². The number of fused-ring (bicyclic) bond motifs is 1. The standard InChI is InChI=1S/C27H34N2O3/c1-17-9-10-21(15-24-19(3)25(30)16-23(17)24)18(2)27(32)29-13-11-22(12-14-29)28-26(31)20-7-5-4-6-8-20/h4-8,17,21-23H,2,9-16H2,1,3H3,(H,28,31)/t17-,21+,23-/m0/s1. The first-order valence-electron chi connectivity index (χ1n) is 11.9. The monoisotopic (exact) mass is 434 g/mol. The molecule has 0 spiro atoms. The van der Waals surface area contributed by atoms with Gasteiger partial charge < -0.3 is 10.2 Å². The van der Waals surface area contributed by atoms with Gasteiger partial charge in [-0.25, -0.2) is 0 Å². The molecule has 0 bridgehead atoms. The highest BCUT2D eigenvalue weighted by atomic mass is 16.2. The minimum atomic E-state index is -0.0586. The van der Waals surface area contributed by atoms with Crippen molar-refractivity contribution in [2.45, 2.75) is 58.4 Å². The molecule has 170 valence electrons. The van der Waals surface area contributed by atoms with Gasteiger partial charge >= 0.3 is 0 Å². The summed E-state index contributed by atoms with van der Waals surface area (Å²) in [6.45, 7) is 9.66. The van der Waals surface area contributed by atoms with Crippen molar-refractivity contribution >= 4 is 17.6 Å². The Morgan fingerprint density at radius 2 is 1.72 bits per heavy atom. The number of likely N-dealkylation sites (tertiary alicyclic amines) is 1. The second-order valence-electron chi connectivity index (χ2n) is 9.77. The number of allylic oxidation sites excluding steroid dienone is 2. The van der Waals surface area contributed by atoms with Gasteiger partial charge in [0.1, 0.15) is 0 Å². The SMILES string of the molecule is C=C(C(=O)N1CCC(NC(=O)c2ccccc2)CC1)[C@@H]1CC[C@H](C)[C@@H]2CC(=O)C(C)=C2C1. The van der Waals surface area contributed by atoms with Crippen molar-refractivity contribution in [3.63, 3.8) is 0 Å². The van der Waals surface area contributed by atoms with Crippen molar-refractivity contribution in [1.29, 1.82) is 0 Å². The number of nitrogens with one attached hydrogen (secondary N) is 1. The van der Waals surface area contributed by atoms with Crippen LogP contribution in [0.4, 0.5) is 0 Å². The number of carbonyl (C=O) groups excluding carboxylic acids is 3. The van der Waals surface area contributed by atoms with E-state index in [9.17, 15) is 14.4 Å². The molecule has 1 aromatic carbocycles. The Morgan fingerprint density at radius 1 is 1.03 bits per heavy atom. The summed E-state index contributed by atoms with van der Waals surface area (Å²) in [6, 6.07) is 9.31. The number of amides is 2. The normalized spacial score (nSPS) is 26.5. The highest BCUT2D eigenvalue weighted by Gasteiger charge is 2.38. The van der Waals surface area contributed by atoms with Gasteiger partial charge in [0.15, 0.2) is 5.78 Å². The number of ketones is 1. The van der Waals surface area contributed by atoms with Crippen LogP contribution in [0.1, 0.15) is 62.7 Å². The first kappa shape index (κ1) is 22.5. The van der Waals surface area contributed by atoms with Gasteiger partial charge in [0.25, 0.3) is 5.91 Å². The highest BCUT2D eigenvalue weighted by molar-refractivity contribution is 5.99. The van der Waals surface area contributed by atoms with E-state index in [2.05, 4.69) is 18.8 Å². The van der Waals surface area contributed by atoms with Gasteiger partial charge in [-0.2, -0.15) is 0 Å². The number of benzene rings is 1. The maximum absolute atomic E-state index is 13.2. The molecular formula is C27H34N2O3. The molecule has 3 atom stereocenters. The fourth-order valence-corrected chi connectivity index (χ4v) is 5.58. The van der Waals surface area contributed by atoms with Crippen molar-refractivity contribution in [3.8, 4) is 0 Å². The molecule has 1 heterocycles. The van der Waals surface area contributed by atoms with Gasteiger partial charge in [-0.15, -0.1) is 0 Å². The average Bonchev–Trinajstić information content (AvgIpc) is 2.99. The zero-order valence-electron chi connectivity index (χ0n) is 19.2. The molecule has 2 amide bonds. The molecular weight excluding hydrogens is 400 g/mol. The van der Waals surface area contributed by atoms with Gasteiger partial charge in [0.2, 0.25) is 5.91 Å². The molecule has 1 N–H and O–H groups in total. The quantitative estimate of drug-likeness (QED) is 0.719. The van der Waals surface area contributed by atoms with Crippen LogP contribution in [0.15, 0.2) is 53.6 Å². The van der Waals surface area contributed by atoms with Gasteiger partial charge in [-0.1, -0.05) is 37.3 Å². The van der Waals surface area contributed by atoms with E-state index in [1.807, 2.05) is 42.2 Å². The Balaban J connectivity index is 1.33. The second kappa shape index (κ2) is 9.43. The second-order valence-corrected chi connectivity index (χ2v) is 9.77. The number of Topliss-reactive ketones (excluding diaryl/α,β-unsaturated/α-hetero) is 1. The Bertz CT molecular complexity index is 941. The number of nitrogens with zero attached hydrogens (tertiary/aromatic N) is 1. The van der Waals surface area contributed by atoms with Crippen LogP contribution in [-0.4, -0.2) is 41.6 Å². The molecule has 0 unspecified atom stereocenters. The molecule has 5 nitrogen and oxygen atoms in total. The summed E-state index contributed by atoms with van der Waals surface area (Å²) in [5, 5.41) is 3.10. The predicted molar refractivity (Wildman–Crippen MR) is 125 cm³/mol. The lowest BCUT2D eigenvalue weighted by molar-refractivity contribution is -0.128. The third-order valence-corrected chi connectivity index (χ3v) is 7.80. The Kier molecular flexibility index (Phi) is 6.63.